The number of fused-ring (bicyclic) bond motifs is 1. The summed E-state index contributed by atoms with van der Waals surface area (Å²) >= 11 is 3.53. The van der Waals surface area contributed by atoms with Crippen LogP contribution in [0.3, 0.4) is 0 Å². The summed E-state index contributed by atoms with van der Waals surface area (Å²) in [5.41, 5.74) is 4.03. The third kappa shape index (κ3) is 10.1. The number of aryl methyl sites for hydroxylation is 2. The number of oxazole rings is 1. The number of hydrogen-bond acceptors (Lipinski definition) is 9. The molecule has 1 aliphatic rings. The molecule has 0 bridgehead atoms. The molecule has 10 heteroatoms. The van der Waals surface area contributed by atoms with E-state index < -0.39 is 12.1 Å². The van der Waals surface area contributed by atoms with Crippen molar-refractivity contribution in [3.8, 4) is 17.2 Å². The lowest BCUT2D eigenvalue weighted by Crippen LogP contribution is -2.30. The molecule has 0 fully saturated rings. The van der Waals surface area contributed by atoms with Gasteiger partial charge in [0.05, 0.1) is 26.0 Å². The molecule has 0 amide bonds. The van der Waals surface area contributed by atoms with Gasteiger partial charge in [-0.15, -0.1) is 0 Å². The fourth-order valence-electron chi connectivity index (χ4n) is 4.40. The molecule has 2 N–H and O–H groups in total. The number of rotatable bonds is 13. The van der Waals surface area contributed by atoms with Crippen LogP contribution in [0.5, 0.6) is 5.75 Å². The van der Waals surface area contributed by atoms with E-state index in [1.54, 1.807) is 6.26 Å². The zero-order valence-corrected chi connectivity index (χ0v) is 25.2. The molecular weight excluding hydrogens is 546 g/mol. The lowest BCUT2D eigenvalue weighted by Gasteiger charge is -2.20. The Morgan fingerprint density at radius 3 is 2.61 bits per heavy atom. The van der Waals surface area contributed by atoms with Crippen LogP contribution >= 0.6 is 12.6 Å². The second kappa shape index (κ2) is 17.9. The molecule has 2 unspecified atom stereocenters. The van der Waals surface area contributed by atoms with E-state index in [9.17, 15) is 9.90 Å². The van der Waals surface area contributed by atoms with E-state index in [1.165, 1.54) is 13.4 Å². The summed E-state index contributed by atoms with van der Waals surface area (Å²) in [6, 6.07) is 15.7. The van der Waals surface area contributed by atoms with Gasteiger partial charge in [0.25, 0.3) is 1.43 Å². The van der Waals surface area contributed by atoms with E-state index in [1.807, 2.05) is 69.3 Å². The molecule has 4 rings (SSSR count). The molecule has 3 aromatic rings. The van der Waals surface area contributed by atoms with Gasteiger partial charge in [-0.25, -0.2) is 9.78 Å². The summed E-state index contributed by atoms with van der Waals surface area (Å²) < 4.78 is 32.9. The number of aromatic nitrogens is 1. The molecule has 1 heterocycles. The Hall–Kier alpha value is -3.63. The predicted molar refractivity (Wildman–Crippen MR) is 161 cm³/mol. The standard InChI is InChI=1S/C25H27NO5.C5H10O3.CH4S/c1-3-29-23(25(27)28)21-11-9-18-15-19(10-12-20(18)21)30-14-13-22-16(2)31-24(26-22)17-7-5-4-6-8-17;1-3-8-4-5(6)7-2;1-2/h4-8,10,12,15,21,23H,3,9,11,13-14H2,1-2H3,(H,27,28);4,6H,3H2,1-2H3;2H,1H3/b;5-4-;/i/hT. The number of aliphatic carboxylic acids is 1. The fraction of sp³-hybridized carbons (Fsp3) is 0.419. The molecule has 2 atom stereocenters. The van der Waals surface area contributed by atoms with E-state index in [0.29, 0.717) is 32.1 Å². The second-order valence-electron chi connectivity index (χ2n) is 8.80. The van der Waals surface area contributed by atoms with Gasteiger partial charge in [-0.05, 0) is 75.3 Å². The van der Waals surface area contributed by atoms with E-state index in [2.05, 4.69) is 27.5 Å². The Balaban J connectivity index is 0.000000481. The van der Waals surface area contributed by atoms with Gasteiger partial charge in [-0.3, -0.25) is 0 Å². The van der Waals surface area contributed by atoms with Gasteiger partial charge in [0.15, 0.2) is 12.4 Å². The Morgan fingerprint density at radius 1 is 1.22 bits per heavy atom. The maximum atomic E-state index is 11.6. The van der Waals surface area contributed by atoms with Crippen LogP contribution in [0.1, 0.15) is 48.8 Å². The van der Waals surface area contributed by atoms with Crippen LogP contribution in [0.4, 0.5) is 0 Å². The predicted octanol–water partition coefficient (Wildman–Crippen LogP) is 6.36. The van der Waals surface area contributed by atoms with Crippen molar-refractivity contribution < 1.29 is 38.4 Å². The SMILES string of the molecule is CCOC(C(=O)O)C1CCc2cc(OCCc3nc(-c4ccccc4)oc3C)ccc21.CS.[3H]O/C(=C/OCC)OC. The summed E-state index contributed by atoms with van der Waals surface area (Å²) in [5, 5.41) is 13.5. The fourth-order valence-corrected chi connectivity index (χ4v) is 4.40. The van der Waals surface area contributed by atoms with Crippen molar-refractivity contribution in [2.75, 3.05) is 33.2 Å². The number of carboxylic acids is 1. The highest BCUT2D eigenvalue weighted by Crippen LogP contribution is 2.38. The van der Waals surface area contributed by atoms with E-state index in [-0.39, 0.29) is 11.9 Å². The van der Waals surface area contributed by atoms with Crippen molar-refractivity contribution in [3.63, 3.8) is 0 Å². The van der Waals surface area contributed by atoms with Crippen LogP contribution < -0.4 is 4.74 Å². The summed E-state index contributed by atoms with van der Waals surface area (Å²) in [7, 11) is 1.40. The topological polar surface area (TPSA) is 120 Å². The maximum absolute atomic E-state index is 11.6. The summed E-state index contributed by atoms with van der Waals surface area (Å²) in [5.74, 6) is 1.24. The molecular formula is C31H41NO8S. The van der Waals surface area contributed by atoms with Gasteiger partial charge in [-0.1, -0.05) is 24.3 Å². The lowest BCUT2D eigenvalue weighted by molar-refractivity contribution is -0.151. The minimum absolute atomic E-state index is 0.0526. The van der Waals surface area contributed by atoms with Crippen molar-refractivity contribution in [3.05, 3.63) is 83.3 Å². The normalized spacial score (nSPS) is 14.7. The lowest BCUT2D eigenvalue weighted by atomic mass is 9.95. The Kier molecular flexibility index (Phi) is 13.9. The molecule has 0 radical (unpaired) electrons. The van der Waals surface area contributed by atoms with Gasteiger partial charge in [0.2, 0.25) is 5.89 Å². The third-order valence-corrected chi connectivity index (χ3v) is 6.26. The first-order valence-electron chi connectivity index (χ1n) is 13.9. The quantitative estimate of drug-likeness (QED) is 0.154. The van der Waals surface area contributed by atoms with Crippen LogP contribution in [0.15, 0.2) is 65.2 Å². The second-order valence-corrected chi connectivity index (χ2v) is 8.80. The average Bonchev–Trinajstić information content (AvgIpc) is 3.61. The van der Waals surface area contributed by atoms with Crippen molar-refractivity contribution in [1.29, 1.82) is 1.43 Å². The summed E-state index contributed by atoms with van der Waals surface area (Å²) in [6.07, 6.45) is 4.39. The zero-order valence-electron chi connectivity index (χ0n) is 25.3. The molecule has 9 nitrogen and oxygen atoms in total. The van der Waals surface area contributed by atoms with Gasteiger partial charge in [0.1, 0.15) is 11.5 Å². The number of aliphatic hydroxyl groups excluding tert-OH is 1. The van der Waals surface area contributed by atoms with Crippen molar-refractivity contribution in [2.24, 2.45) is 0 Å². The van der Waals surface area contributed by atoms with Crippen LogP contribution in [-0.2, 0) is 31.8 Å². The Labute approximate surface area is 249 Å². The van der Waals surface area contributed by atoms with Crippen molar-refractivity contribution in [2.45, 2.75) is 52.1 Å². The highest BCUT2D eigenvalue weighted by atomic mass is 32.1. The van der Waals surface area contributed by atoms with Gasteiger partial charge in [0, 0.05) is 24.5 Å². The van der Waals surface area contributed by atoms with Gasteiger partial charge < -0.3 is 33.6 Å². The number of thiol groups is 1. The number of hydrogen-bond donors (Lipinski definition) is 3. The van der Waals surface area contributed by atoms with E-state index in [4.69, 9.17) is 20.1 Å². The monoisotopic (exact) mass is 589 g/mol. The van der Waals surface area contributed by atoms with Crippen LogP contribution in [0, 0.1) is 6.92 Å². The first kappa shape index (κ1) is 31.9. The molecule has 0 saturated heterocycles. The highest BCUT2D eigenvalue weighted by molar-refractivity contribution is 7.79. The molecule has 2 aromatic carbocycles. The molecule has 224 valence electrons. The molecule has 1 aromatic heterocycles. The average molecular weight is 590 g/mol. The number of aliphatic hydroxyl groups is 1. The third-order valence-electron chi connectivity index (χ3n) is 6.26. The van der Waals surface area contributed by atoms with E-state index in [0.717, 1.165) is 46.7 Å². The van der Waals surface area contributed by atoms with Crippen LogP contribution in [0.25, 0.3) is 12.9 Å². The summed E-state index contributed by atoms with van der Waals surface area (Å²) in [4.78, 5) is 16.2. The Bertz CT molecular complexity index is 1240. The molecule has 0 spiro atoms. The van der Waals surface area contributed by atoms with Crippen LogP contribution in [-0.4, -0.2) is 60.5 Å². The molecule has 0 saturated carbocycles. The van der Waals surface area contributed by atoms with Gasteiger partial charge >= 0.3 is 11.9 Å². The number of methoxy groups -OCH3 is 1. The van der Waals surface area contributed by atoms with Crippen LogP contribution in [0.2, 0.25) is 0 Å². The number of nitrogens with zero attached hydrogens (tertiary/aromatic N) is 1. The molecule has 0 aliphatic heterocycles. The largest absolute Gasteiger partial charge is 0.494 e. The van der Waals surface area contributed by atoms with E-state index >= 15 is 0 Å². The minimum atomic E-state index is -0.905. The number of carboxylic acid groups (broad SMARTS) is 1. The van der Waals surface area contributed by atoms with Gasteiger partial charge in [-0.2, -0.15) is 12.6 Å². The maximum Gasteiger partial charge on any atom is 0.333 e. The number of ether oxygens (including phenoxy) is 4. The zero-order chi connectivity index (χ0) is 30.9. The minimum Gasteiger partial charge on any atom is -0.494 e. The summed E-state index contributed by atoms with van der Waals surface area (Å²) in [6.45, 7) is 6.98. The smallest absolute Gasteiger partial charge is 0.333 e. The number of benzene rings is 2. The van der Waals surface area contributed by atoms with Crippen molar-refractivity contribution in [1.82, 2.24) is 4.98 Å². The molecule has 1 aliphatic carbocycles. The first-order chi connectivity index (χ1) is 20.4. The molecule has 41 heavy (non-hydrogen) atoms. The number of carbonyl (C=O) groups is 1. The highest BCUT2D eigenvalue weighted by Gasteiger charge is 2.35. The van der Waals surface area contributed by atoms with Crippen molar-refractivity contribution >= 4 is 18.6 Å². The first-order valence-corrected chi connectivity index (χ1v) is 14.4. The Morgan fingerprint density at radius 2 is 1.98 bits per heavy atom.